The lowest BCUT2D eigenvalue weighted by Crippen LogP contribution is -2.29. The summed E-state index contributed by atoms with van der Waals surface area (Å²) in [4.78, 5) is 16.3. The van der Waals surface area contributed by atoms with Crippen LogP contribution in [0.3, 0.4) is 0 Å². The summed E-state index contributed by atoms with van der Waals surface area (Å²) in [7, 11) is -0.733. The van der Waals surface area contributed by atoms with Crippen LogP contribution in [0.25, 0.3) is 0 Å². The van der Waals surface area contributed by atoms with E-state index < -0.39 is 10.2 Å². The Hall–Kier alpha value is -2.17. The average molecular weight is 383 g/mol. The third-order valence-electron chi connectivity index (χ3n) is 3.21. The standard InChI is InChI=1S/C15H21N5O3S2/c1-4-11-10-24-14(17-11)9-16-15(21)18-12-6-5-7-13(8-12)19-25(22,23)20(2)3/h5-8,10,19H,4,9H2,1-3H3,(H2,16,18,21). The minimum atomic E-state index is -3.59. The van der Waals surface area contributed by atoms with Crippen LogP contribution in [-0.2, 0) is 23.2 Å². The van der Waals surface area contributed by atoms with Crippen molar-refractivity contribution >= 4 is 39.0 Å². The van der Waals surface area contributed by atoms with E-state index in [0.717, 1.165) is 21.4 Å². The van der Waals surface area contributed by atoms with E-state index in [1.165, 1.54) is 25.4 Å². The highest BCUT2D eigenvalue weighted by Gasteiger charge is 2.13. The number of carbonyl (C=O) groups excluding carboxylic acids is 1. The van der Waals surface area contributed by atoms with Gasteiger partial charge in [0.05, 0.1) is 17.9 Å². The van der Waals surface area contributed by atoms with Gasteiger partial charge in [0.2, 0.25) is 0 Å². The van der Waals surface area contributed by atoms with Crippen LogP contribution in [0, 0.1) is 0 Å². The number of hydrogen-bond acceptors (Lipinski definition) is 5. The first-order chi connectivity index (χ1) is 11.8. The van der Waals surface area contributed by atoms with E-state index in [1.54, 1.807) is 24.3 Å². The van der Waals surface area contributed by atoms with Crippen molar-refractivity contribution in [3.63, 3.8) is 0 Å². The molecule has 0 bridgehead atoms. The summed E-state index contributed by atoms with van der Waals surface area (Å²) in [5.41, 5.74) is 1.84. The summed E-state index contributed by atoms with van der Waals surface area (Å²) in [6.07, 6.45) is 0.859. The number of anilines is 2. The van der Waals surface area contributed by atoms with Gasteiger partial charge in [-0.3, -0.25) is 4.72 Å². The molecule has 10 heteroatoms. The quantitative estimate of drug-likeness (QED) is 0.682. The Labute approximate surface area is 151 Å². The number of thiazole rings is 1. The molecule has 0 radical (unpaired) electrons. The molecule has 1 aromatic heterocycles. The maximum atomic E-state index is 12.0. The van der Waals surface area contributed by atoms with Gasteiger partial charge in [-0.15, -0.1) is 11.3 Å². The summed E-state index contributed by atoms with van der Waals surface area (Å²) in [5, 5.41) is 8.19. The number of amides is 2. The molecule has 1 heterocycles. The number of nitrogens with zero attached hydrogens (tertiary/aromatic N) is 2. The van der Waals surface area contributed by atoms with E-state index in [1.807, 2.05) is 12.3 Å². The lowest BCUT2D eigenvalue weighted by atomic mass is 10.3. The molecule has 2 amide bonds. The number of aryl methyl sites for hydroxylation is 1. The molecule has 0 spiro atoms. The Morgan fingerprint density at radius 2 is 2.00 bits per heavy atom. The molecule has 2 rings (SSSR count). The van der Waals surface area contributed by atoms with Crippen molar-refractivity contribution in [3.05, 3.63) is 40.3 Å². The molecule has 0 saturated heterocycles. The van der Waals surface area contributed by atoms with Crippen LogP contribution in [-0.4, -0.2) is 37.8 Å². The van der Waals surface area contributed by atoms with Crippen LogP contribution in [0.5, 0.6) is 0 Å². The SMILES string of the molecule is CCc1csc(CNC(=O)Nc2cccc(NS(=O)(=O)N(C)C)c2)n1. The number of carbonyl (C=O) groups is 1. The smallest absolute Gasteiger partial charge is 0.319 e. The second kappa shape index (κ2) is 8.28. The number of rotatable bonds is 7. The monoisotopic (exact) mass is 383 g/mol. The topological polar surface area (TPSA) is 103 Å². The molecule has 0 unspecified atom stereocenters. The van der Waals surface area contributed by atoms with Gasteiger partial charge < -0.3 is 10.6 Å². The fourth-order valence-electron chi connectivity index (χ4n) is 1.82. The molecule has 0 atom stereocenters. The van der Waals surface area contributed by atoms with E-state index in [9.17, 15) is 13.2 Å². The normalized spacial score (nSPS) is 11.4. The lowest BCUT2D eigenvalue weighted by Gasteiger charge is -2.14. The molecule has 25 heavy (non-hydrogen) atoms. The van der Waals surface area contributed by atoms with Crippen LogP contribution in [0.1, 0.15) is 17.6 Å². The van der Waals surface area contributed by atoms with Gasteiger partial charge in [0.25, 0.3) is 0 Å². The summed E-state index contributed by atoms with van der Waals surface area (Å²) in [6.45, 7) is 2.36. The molecule has 1 aromatic carbocycles. The largest absolute Gasteiger partial charge is 0.331 e. The first-order valence-electron chi connectivity index (χ1n) is 7.58. The predicted molar refractivity (Wildman–Crippen MR) is 100 cm³/mol. The van der Waals surface area contributed by atoms with Crippen molar-refractivity contribution in [2.75, 3.05) is 24.1 Å². The predicted octanol–water partition coefficient (Wildman–Crippen LogP) is 2.25. The van der Waals surface area contributed by atoms with Crippen molar-refractivity contribution < 1.29 is 13.2 Å². The van der Waals surface area contributed by atoms with Crippen molar-refractivity contribution in [1.82, 2.24) is 14.6 Å². The molecule has 8 nitrogen and oxygen atoms in total. The van der Waals surface area contributed by atoms with E-state index in [0.29, 0.717) is 17.9 Å². The molecular formula is C15H21N5O3S2. The molecule has 2 aromatic rings. The first kappa shape index (κ1) is 19.2. The minimum Gasteiger partial charge on any atom is -0.331 e. The van der Waals surface area contributed by atoms with Crippen molar-refractivity contribution in [1.29, 1.82) is 0 Å². The third kappa shape index (κ3) is 5.69. The first-order valence-corrected chi connectivity index (χ1v) is 9.90. The number of hydrogen-bond donors (Lipinski definition) is 3. The Bertz CT molecular complexity index is 833. The summed E-state index contributed by atoms with van der Waals surface area (Å²) < 4.78 is 27.1. The second-order valence-corrected chi connectivity index (χ2v) is 8.19. The molecule has 0 aliphatic rings. The molecule has 0 saturated carbocycles. The second-order valence-electron chi connectivity index (χ2n) is 5.36. The van der Waals surface area contributed by atoms with E-state index in [-0.39, 0.29) is 6.03 Å². The van der Waals surface area contributed by atoms with Crippen LogP contribution in [0.4, 0.5) is 16.2 Å². The molecule has 0 fully saturated rings. The number of benzene rings is 1. The highest BCUT2D eigenvalue weighted by atomic mass is 32.2. The van der Waals surface area contributed by atoms with E-state index >= 15 is 0 Å². The number of aromatic nitrogens is 1. The number of urea groups is 1. The third-order valence-corrected chi connectivity index (χ3v) is 5.56. The van der Waals surface area contributed by atoms with E-state index in [2.05, 4.69) is 20.3 Å². The highest BCUT2D eigenvalue weighted by Crippen LogP contribution is 2.17. The zero-order chi connectivity index (χ0) is 18.4. The highest BCUT2D eigenvalue weighted by molar-refractivity contribution is 7.90. The molecule has 0 aliphatic heterocycles. The maximum absolute atomic E-state index is 12.0. The van der Waals surface area contributed by atoms with Gasteiger partial charge in [-0.05, 0) is 24.6 Å². The van der Waals surface area contributed by atoms with Crippen molar-refractivity contribution in [2.45, 2.75) is 19.9 Å². The average Bonchev–Trinajstić information content (AvgIpc) is 3.01. The van der Waals surface area contributed by atoms with Gasteiger partial charge >= 0.3 is 16.2 Å². The van der Waals surface area contributed by atoms with Crippen LogP contribution >= 0.6 is 11.3 Å². The lowest BCUT2D eigenvalue weighted by molar-refractivity contribution is 0.251. The van der Waals surface area contributed by atoms with Crippen molar-refractivity contribution in [3.8, 4) is 0 Å². The van der Waals surface area contributed by atoms with Gasteiger partial charge in [0, 0.05) is 25.2 Å². The van der Waals surface area contributed by atoms with Crippen LogP contribution < -0.4 is 15.4 Å². The molecule has 0 aliphatic carbocycles. The molecule has 3 N–H and O–H groups in total. The minimum absolute atomic E-state index is 0.337. The Morgan fingerprint density at radius 3 is 2.64 bits per heavy atom. The Morgan fingerprint density at radius 1 is 1.28 bits per heavy atom. The fourth-order valence-corrected chi connectivity index (χ4v) is 3.25. The Balaban J connectivity index is 1.93. The summed E-state index contributed by atoms with van der Waals surface area (Å²) >= 11 is 1.50. The van der Waals surface area contributed by atoms with Crippen LogP contribution in [0.2, 0.25) is 0 Å². The molecular weight excluding hydrogens is 362 g/mol. The molecule has 136 valence electrons. The zero-order valence-corrected chi connectivity index (χ0v) is 15.9. The van der Waals surface area contributed by atoms with Gasteiger partial charge in [-0.1, -0.05) is 13.0 Å². The maximum Gasteiger partial charge on any atom is 0.319 e. The van der Waals surface area contributed by atoms with E-state index in [4.69, 9.17) is 0 Å². The van der Waals surface area contributed by atoms with Gasteiger partial charge in [-0.25, -0.2) is 9.78 Å². The fraction of sp³-hybridized carbons (Fsp3) is 0.333. The number of nitrogens with one attached hydrogen (secondary N) is 3. The van der Waals surface area contributed by atoms with Crippen molar-refractivity contribution in [2.24, 2.45) is 0 Å². The van der Waals surface area contributed by atoms with Gasteiger partial charge in [0.1, 0.15) is 5.01 Å². The Kier molecular flexibility index (Phi) is 6.34. The van der Waals surface area contributed by atoms with Crippen LogP contribution in [0.15, 0.2) is 29.6 Å². The zero-order valence-electron chi connectivity index (χ0n) is 14.2. The summed E-state index contributed by atoms with van der Waals surface area (Å²) in [6, 6.07) is 6.08. The summed E-state index contributed by atoms with van der Waals surface area (Å²) in [5.74, 6) is 0. The van der Waals surface area contributed by atoms with Gasteiger partial charge in [-0.2, -0.15) is 12.7 Å². The van der Waals surface area contributed by atoms with Gasteiger partial charge in [0.15, 0.2) is 0 Å².